The van der Waals surface area contributed by atoms with Gasteiger partial charge in [0, 0.05) is 25.4 Å². The van der Waals surface area contributed by atoms with Crippen molar-refractivity contribution >= 4 is 0 Å². The van der Waals surface area contributed by atoms with Crippen molar-refractivity contribution in [2.45, 2.75) is 32.4 Å². The van der Waals surface area contributed by atoms with Gasteiger partial charge in [-0.05, 0) is 31.9 Å². The first-order valence-electron chi connectivity index (χ1n) is 7.01. The molecular weight excluding hydrogens is 254 g/mol. The van der Waals surface area contributed by atoms with E-state index >= 15 is 0 Å². The zero-order chi connectivity index (χ0) is 13.8. The average molecular weight is 273 g/mol. The Hall–Kier alpha value is -1.88. The van der Waals surface area contributed by atoms with Crippen LogP contribution < -0.4 is 4.74 Å². The third-order valence-electron chi connectivity index (χ3n) is 3.53. The first-order chi connectivity index (χ1) is 9.79. The Labute approximate surface area is 118 Å². The van der Waals surface area contributed by atoms with Crippen LogP contribution in [0.5, 0.6) is 5.75 Å². The number of hydrogen-bond acceptors (Lipinski definition) is 5. The van der Waals surface area contributed by atoms with Crippen LogP contribution >= 0.6 is 0 Å². The number of rotatable bonds is 4. The van der Waals surface area contributed by atoms with Crippen LogP contribution in [-0.4, -0.2) is 34.2 Å². The van der Waals surface area contributed by atoms with Gasteiger partial charge in [-0.25, -0.2) is 0 Å². The maximum atomic E-state index is 5.93. The summed E-state index contributed by atoms with van der Waals surface area (Å²) >= 11 is 0. The van der Waals surface area contributed by atoms with Crippen LogP contribution in [-0.2, 0) is 6.54 Å². The zero-order valence-corrected chi connectivity index (χ0v) is 11.7. The lowest BCUT2D eigenvalue weighted by Crippen LogP contribution is -2.37. The van der Waals surface area contributed by atoms with Gasteiger partial charge in [0.05, 0.1) is 18.4 Å². The first kappa shape index (κ1) is 13.1. The van der Waals surface area contributed by atoms with Crippen LogP contribution in [0.25, 0.3) is 0 Å². The lowest BCUT2D eigenvalue weighted by atomic mass is 10.1. The van der Waals surface area contributed by atoms with Gasteiger partial charge in [-0.3, -0.25) is 9.88 Å². The van der Waals surface area contributed by atoms with Gasteiger partial charge in [0.25, 0.3) is 0 Å². The van der Waals surface area contributed by atoms with Crippen LogP contribution in [0.3, 0.4) is 0 Å². The zero-order valence-electron chi connectivity index (χ0n) is 11.7. The predicted octanol–water partition coefficient (Wildman–Crippen LogP) is 2.42. The van der Waals surface area contributed by atoms with Crippen LogP contribution in [0, 0.1) is 6.92 Å². The molecule has 0 saturated carbocycles. The standard InChI is InChI=1S/C15H19N3O2/c1-12-9-15(20-17-12)11-18-7-4-13(5-8-18)19-14-3-2-6-16-10-14/h2-3,6,9-10,13H,4-5,7-8,11H2,1H3. The van der Waals surface area contributed by atoms with Crippen LogP contribution in [0.4, 0.5) is 0 Å². The molecule has 0 radical (unpaired) electrons. The van der Waals surface area contributed by atoms with Crippen molar-refractivity contribution in [3.63, 3.8) is 0 Å². The van der Waals surface area contributed by atoms with Gasteiger partial charge >= 0.3 is 0 Å². The van der Waals surface area contributed by atoms with Gasteiger partial charge in [0.1, 0.15) is 11.9 Å². The summed E-state index contributed by atoms with van der Waals surface area (Å²) in [6.07, 6.45) is 5.87. The number of aromatic nitrogens is 2. The molecule has 0 bridgehead atoms. The molecule has 0 aliphatic carbocycles. The summed E-state index contributed by atoms with van der Waals surface area (Å²) in [5.74, 6) is 1.80. The van der Waals surface area contributed by atoms with Crippen molar-refractivity contribution in [3.8, 4) is 5.75 Å². The van der Waals surface area contributed by atoms with Gasteiger partial charge in [0.2, 0.25) is 0 Å². The summed E-state index contributed by atoms with van der Waals surface area (Å²) < 4.78 is 11.2. The number of pyridine rings is 1. The second-order valence-corrected chi connectivity index (χ2v) is 5.22. The van der Waals surface area contributed by atoms with Crippen LogP contribution in [0.2, 0.25) is 0 Å². The molecule has 1 aliphatic rings. The fraction of sp³-hybridized carbons (Fsp3) is 0.467. The van der Waals surface area contributed by atoms with Crippen molar-refractivity contribution < 1.29 is 9.26 Å². The Morgan fingerprint density at radius 3 is 2.90 bits per heavy atom. The van der Waals surface area contributed by atoms with E-state index in [1.54, 1.807) is 12.4 Å². The lowest BCUT2D eigenvalue weighted by molar-refractivity contribution is 0.0912. The maximum absolute atomic E-state index is 5.93. The molecule has 2 aromatic rings. The molecule has 0 N–H and O–H groups in total. The predicted molar refractivity (Wildman–Crippen MR) is 74.4 cm³/mol. The molecule has 3 rings (SSSR count). The third-order valence-corrected chi connectivity index (χ3v) is 3.53. The molecule has 0 atom stereocenters. The molecule has 1 saturated heterocycles. The largest absolute Gasteiger partial charge is 0.489 e. The normalized spacial score (nSPS) is 17.2. The fourth-order valence-electron chi connectivity index (χ4n) is 2.51. The summed E-state index contributed by atoms with van der Waals surface area (Å²) in [4.78, 5) is 6.45. The van der Waals surface area contributed by atoms with Gasteiger partial charge < -0.3 is 9.26 Å². The van der Waals surface area contributed by atoms with E-state index in [2.05, 4.69) is 15.0 Å². The minimum atomic E-state index is 0.284. The topological polar surface area (TPSA) is 51.4 Å². The summed E-state index contributed by atoms with van der Waals surface area (Å²) in [6, 6.07) is 5.85. The molecule has 0 unspecified atom stereocenters. The van der Waals surface area contributed by atoms with E-state index < -0.39 is 0 Å². The molecule has 20 heavy (non-hydrogen) atoms. The number of ether oxygens (including phenoxy) is 1. The number of hydrogen-bond donors (Lipinski definition) is 0. The van der Waals surface area contributed by atoms with E-state index in [1.165, 1.54) is 0 Å². The van der Waals surface area contributed by atoms with Crippen molar-refractivity contribution in [1.29, 1.82) is 0 Å². The molecule has 106 valence electrons. The SMILES string of the molecule is Cc1cc(CN2CCC(Oc3cccnc3)CC2)on1. The highest BCUT2D eigenvalue weighted by Gasteiger charge is 2.21. The Morgan fingerprint density at radius 1 is 1.40 bits per heavy atom. The summed E-state index contributed by atoms with van der Waals surface area (Å²) in [5.41, 5.74) is 0.940. The minimum absolute atomic E-state index is 0.284. The molecule has 3 heterocycles. The molecule has 0 spiro atoms. The number of likely N-dealkylation sites (tertiary alicyclic amines) is 1. The molecule has 5 heteroatoms. The van der Waals surface area contributed by atoms with E-state index in [9.17, 15) is 0 Å². The lowest BCUT2D eigenvalue weighted by Gasteiger charge is -2.31. The molecule has 1 aliphatic heterocycles. The molecule has 5 nitrogen and oxygen atoms in total. The third kappa shape index (κ3) is 3.36. The van der Waals surface area contributed by atoms with Gasteiger partial charge in [-0.15, -0.1) is 0 Å². The number of nitrogens with zero attached hydrogens (tertiary/aromatic N) is 3. The van der Waals surface area contributed by atoms with E-state index in [4.69, 9.17) is 9.26 Å². The van der Waals surface area contributed by atoms with Gasteiger partial charge in [-0.2, -0.15) is 0 Å². The monoisotopic (exact) mass is 273 g/mol. The van der Waals surface area contributed by atoms with Gasteiger partial charge in [-0.1, -0.05) is 5.16 Å². The summed E-state index contributed by atoms with van der Waals surface area (Å²) in [7, 11) is 0. The Kier molecular flexibility index (Phi) is 3.97. The van der Waals surface area contributed by atoms with Crippen molar-refractivity contribution in [2.75, 3.05) is 13.1 Å². The highest BCUT2D eigenvalue weighted by Crippen LogP contribution is 2.19. The molecular formula is C15H19N3O2. The Bertz CT molecular complexity index is 533. The molecule has 2 aromatic heterocycles. The summed E-state index contributed by atoms with van der Waals surface area (Å²) in [5, 5.41) is 3.92. The number of aryl methyl sites for hydroxylation is 1. The highest BCUT2D eigenvalue weighted by molar-refractivity contribution is 5.16. The van der Waals surface area contributed by atoms with E-state index in [0.717, 1.165) is 49.7 Å². The maximum Gasteiger partial charge on any atom is 0.150 e. The Balaban J connectivity index is 1.47. The molecule has 0 amide bonds. The number of piperidine rings is 1. The molecule has 0 aromatic carbocycles. The average Bonchev–Trinajstić information content (AvgIpc) is 2.88. The highest BCUT2D eigenvalue weighted by atomic mass is 16.5. The molecule has 1 fully saturated rings. The van der Waals surface area contributed by atoms with E-state index in [-0.39, 0.29) is 6.10 Å². The summed E-state index contributed by atoms with van der Waals surface area (Å²) in [6.45, 7) is 4.82. The van der Waals surface area contributed by atoms with Crippen LogP contribution in [0.15, 0.2) is 35.1 Å². The second kappa shape index (κ2) is 6.05. The quantitative estimate of drug-likeness (QED) is 0.856. The van der Waals surface area contributed by atoms with Crippen molar-refractivity contribution in [2.24, 2.45) is 0 Å². The van der Waals surface area contributed by atoms with Crippen molar-refractivity contribution in [1.82, 2.24) is 15.0 Å². The fourth-order valence-corrected chi connectivity index (χ4v) is 2.51. The minimum Gasteiger partial charge on any atom is -0.489 e. The Morgan fingerprint density at radius 2 is 2.25 bits per heavy atom. The van der Waals surface area contributed by atoms with E-state index in [1.807, 2.05) is 25.1 Å². The second-order valence-electron chi connectivity index (χ2n) is 5.22. The van der Waals surface area contributed by atoms with E-state index in [0.29, 0.717) is 0 Å². The van der Waals surface area contributed by atoms with Crippen molar-refractivity contribution in [3.05, 3.63) is 42.0 Å². The van der Waals surface area contributed by atoms with Gasteiger partial charge in [0.15, 0.2) is 5.76 Å². The smallest absolute Gasteiger partial charge is 0.150 e. The first-order valence-corrected chi connectivity index (χ1v) is 7.01. The van der Waals surface area contributed by atoms with Crippen LogP contribution in [0.1, 0.15) is 24.3 Å².